The summed E-state index contributed by atoms with van der Waals surface area (Å²) < 4.78 is 1.50. The van der Waals surface area contributed by atoms with E-state index in [0.29, 0.717) is 0 Å². The Morgan fingerprint density at radius 2 is 1.31 bits per heavy atom. The second-order valence-corrected chi connectivity index (χ2v) is 5.14. The summed E-state index contributed by atoms with van der Waals surface area (Å²) in [7, 11) is 0. The van der Waals surface area contributed by atoms with Crippen LogP contribution in [0.2, 0.25) is 4.18 Å². The van der Waals surface area contributed by atoms with E-state index in [2.05, 4.69) is 13.8 Å². The molecule has 83 valence electrons. The molecule has 3 nitrogen and oxygen atoms in total. The zero-order chi connectivity index (χ0) is 7.82. The summed E-state index contributed by atoms with van der Waals surface area (Å²) in [6, 6.07) is 0. The Labute approximate surface area is 96.8 Å². The summed E-state index contributed by atoms with van der Waals surface area (Å²) in [5.41, 5.74) is 0. The van der Waals surface area contributed by atoms with Crippen molar-refractivity contribution in [1.82, 2.24) is 0 Å². The summed E-state index contributed by atoms with van der Waals surface area (Å²) in [6.07, 6.45) is 7.33. The van der Waals surface area contributed by atoms with E-state index in [1.165, 1.54) is 60.7 Å². The molecule has 0 aliphatic heterocycles. The molecule has 0 aliphatic carbocycles. The zero-order valence-corrected chi connectivity index (χ0v) is 12.4. The molecule has 0 amide bonds. The molecular formula is C9H25HfO3. The molecule has 0 heterocycles. The second-order valence-electron chi connectivity index (χ2n) is 3.35. The Kier molecular flexibility index (Phi) is 33.5. The standard InChI is InChI=1S/C9H19.Hf.3H2O/c1-4-5-6-7-8-9(2)3;;;;/h9H,1,4-8H2,2-3H3;;3*1H2. The van der Waals surface area contributed by atoms with Crippen LogP contribution in [-0.4, -0.2) is 16.4 Å². The fraction of sp³-hybridized carbons (Fsp3) is 1.00. The third kappa shape index (κ3) is 24.5. The Balaban J connectivity index is -0.000000135. The number of hydrogen-bond acceptors (Lipinski definition) is 0. The molecule has 0 aromatic carbocycles. The average Bonchev–Trinajstić information content (AvgIpc) is 1.87. The molecule has 0 atom stereocenters. The predicted molar refractivity (Wildman–Crippen MR) is 53.6 cm³/mol. The number of rotatable bonds is 6. The Hall–Kier alpha value is 0.750. The van der Waals surface area contributed by atoms with Gasteiger partial charge in [-0.05, 0) is 0 Å². The monoisotopic (exact) mass is 361 g/mol. The SMILES string of the molecule is CC(C)CCCCC[CH2][Hf].O.O.O. The van der Waals surface area contributed by atoms with Crippen molar-refractivity contribution >= 4 is 0 Å². The minimum absolute atomic E-state index is 0. The van der Waals surface area contributed by atoms with Crippen molar-refractivity contribution in [3.63, 3.8) is 0 Å². The molecule has 6 N–H and O–H groups in total. The molecule has 13 heavy (non-hydrogen) atoms. The maximum Gasteiger partial charge on any atom is -0.412 e. The molecule has 0 radical (unpaired) electrons. The van der Waals surface area contributed by atoms with Crippen LogP contribution in [0, 0.1) is 5.92 Å². The molecule has 0 aromatic heterocycles. The number of hydrogen-bond donors (Lipinski definition) is 0. The second kappa shape index (κ2) is 18.5. The van der Waals surface area contributed by atoms with Crippen LogP contribution < -0.4 is 0 Å². The molecule has 0 bridgehead atoms. The predicted octanol–water partition coefficient (Wildman–Crippen LogP) is 1.08. The van der Waals surface area contributed by atoms with Gasteiger partial charge in [0.05, 0.1) is 0 Å². The van der Waals surface area contributed by atoms with Gasteiger partial charge in [-0.2, -0.15) is 0 Å². The summed E-state index contributed by atoms with van der Waals surface area (Å²) in [5, 5.41) is 0. The van der Waals surface area contributed by atoms with Gasteiger partial charge in [0, 0.05) is 0 Å². The van der Waals surface area contributed by atoms with Gasteiger partial charge in [0.25, 0.3) is 0 Å². The van der Waals surface area contributed by atoms with E-state index in [4.69, 9.17) is 0 Å². The molecule has 0 aromatic rings. The quantitative estimate of drug-likeness (QED) is 0.501. The van der Waals surface area contributed by atoms with Crippen molar-refractivity contribution in [1.29, 1.82) is 0 Å². The molecule has 0 rings (SSSR count). The van der Waals surface area contributed by atoms with Gasteiger partial charge >= 0.3 is 80.4 Å². The molecule has 0 aliphatic rings. The van der Waals surface area contributed by atoms with Crippen LogP contribution in [0.15, 0.2) is 0 Å². The van der Waals surface area contributed by atoms with Gasteiger partial charge in [-0.15, -0.1) is 0 Å². The third-order valence-corrected chi connectivity index (χ3v) is 2.98. The van der Waals surface area contributed by atoms with Gasteiger partial charge < -0.3 is 16.4 Å². The van der Waals surface area contributed by atoms with Gasteiger partial charge in [0.15, 0.2) is 0 Å². The zero-order valence-electron chi connectivity index (χ0n) is 8.82. The smallest absolute Gasteiger partial charge is 0.412 e. The summed E-state index contributed by atoms with van der Waals surface area (Å²) in [5.74, 6) is 0.913. The molecule has 0 unspecified atom stereocenters. The van der Waals surface area contributed by atoms with Crippen molar-refractivity contribution in [3.05, 3.63) is 0 Å². The Bertz CT molecular complexity index is 69.9. The number of unbranched alkanes of at least 4 members (excludes halogenated alkanes) is 3. The third-order valence-electron chi connectivity index (χ3n) is 1.71. The van der Waals surface area contributed by atoms with Gasteiger partial charge in [0.1, 0.15) is 0 Å². The first kappa shape index (κ1) is 23.5. The van der Waals surface area contributed by atoms with E-state index in [1.54, 1.807) is 0 Å². The summed E-state index contributed by atoms with van der Waals surface area (Å²) >= 11 is 1.40. The normalized spacial score (nSPS) is 8.15. The van der Waals surface area contributed by atoms with Gasteiger partial charge in [-0.1, -0.05) is 0 Å². The fourth-order valence-electron chi connectivity index (χ4n) is 1.03. The topological polar surface area (TPSA) is 94.5 Å². The van der Waals surface area contributed by atoms with E-state index in [-0.39, 0.29) is 16.4 Å². The van der Waals surface area contributed by atoms with E-state index in [1.807, 2.05) is 0 Å². The molecule has 0 fully saturated rings. The van der Waals surface area contributed by atoms with Crippen LogP contribution in [-0.2, 0) is 24.4 Å². The van der Waals surface area contributed by atoms with Crippen LogP contribution >= 0.6 is 0 Å². The fourth-order valence-corrected chi connectivity index (χ4v) is 1.93. The van der Waals surface area contributed by atoms with Gasteiger partial charge in [-0.3, -0.25) is 0 Å². The Morgan fingerprint density at radius 3 is 1.69 bits per heavy atom. The maximum absolute atomic E-state index is 2.31. The van der Waals surface area contributed by atoms with Crippen LogP contribution in [0.4, 0.5) is 0 Å². The van der Waals surface area contributed by atoms with Gasteiger partial charge in [0.2, 0.25) is 0 Å². The molecular weight excluding hydrogens is 335 g/mol. The van der Waals surface area contributed by atoms with E-state index < -0.39 is 0 Å². The first-order valence-electron chi connectivity index (χ1n) is 4.42. The van der Waals surface area contributed by atoms with Crippen molar-refractivity contribution in [2.45, 2.75) is 50.1 Å². The first-order valence-corrected chi connectivity index (χ1v) is 6.96. The summed E-state index contributed by atoms with van der Waals surface area (Å²) in [4.78, 5) is 0. The maximum atomic E-state index is 2.31. The molecule has 0 spiro atoms. The average molecular weight is 360 g/mol. The van der Waals surface area contributed by atoms with Crippen molar-refractivity contribution in [3.8, 4) is 0 Å². The van der Waals surface area contributed by atoms with Crippen molar-refractivity contribution in [2.24, 2.45) is 5.92 Å². The molecule has 0 saturated heterocycles. The van der Waals surface area contributed by atoms with E-state index in [9.17, 15) is 0 Å². The van der Waals surface area contributed by atoms with Crippen molar-refractivity contribution < 1.29 is 40.8 Å². The Morgan fingerprint density at radius 1 is 0.846 bits per heavy atom. The van der Waals surface area contributed by atoms with Crippen LogP contribution in [0.5, 0.6) is 0 Å². The van der Waals surface area contributed by atoms with Crippen LogP contribution in [0.1, 0.15) is 46.0 Å². The van der Waals surface area contributed by atoms with E-state index >= 15 is 0 Å². The van der Waals surface area contributed by atoms with E-state index in [0.717, 1.165) is 5.92 Å². The summed E-state index contributed by atoms with van der Waals surface area (Å²) in [6.45, 7) is 4.62. The largest absolute Gasteiger partial charge is 0.412 e. The molecule has 0 saturated carbocycles. The van der Waals surface area contributed by atoms with Crippen LogP contribution in [0.3, 0.4) is 0 Å². The first-order chi connectivity index (χ1) is 4.77. The minimum atomic E-state index is 0. The van der Waals surface area contributed by atoms with Crippen molar-refractivity contribution in [2.75, 3.05) is 0 Å². The molecule has 4 heteroatoms. The van der Waals surface area contributed by atoms with Crippen LogP contribution in [0.25, 0.3) is 0 Å². The minimum Gasteiger partial charge on any atom is -0.412 e. The van der Waals surface area contributed by atoms with Gasteiger partial charge in [-0.25, -0.2) is 0 Å².